The summed E-state index contributed by atoms with van der Waals surface area (Å²) in [5.74, 6) is 0. The number of hydrogen-bond donors (Lipinski definition) is 1. The molecule has 0 aromatic heterocycles. The molecule has 1 N–H and O–H groups in total. The van der Waals surface area contributed by atoms with E-state index in [4.69, 9.17) is 6.57 Å². The normalized spacial score (nSPS) is 20.9. The predicted molar refractivity (Wildman–Crippen MR) is 66.6 cm³/mol. The lowest BCUT2D eigenvalue weighted by Gasteiger charge is -2.16. The zero-order chi connectivity index (χ0) is 13.3. The maximum absolute atomic E-state index is 12.3. The Kier molecular flexibility index (Phi) is 3.22. The molecule has 0 bridgehead atoms. The van der Waals surface area contributed by atoms with Crippen LogP contribution in [0, 0.1) is 6.57 Å². The quantitative estimate of drug-likeness (QED) is 0.644. The van der Waals surface area contributed by atoms with E-state index in [1.54, 1.807) is 12.1 Å². The number of hydrogen-bond acceptors (Lipinski definition) is 3. The van der Waals surface area contributed by atoms with Crippen LogP contribution in [0.5, 0.6) is 0 Å². The molecular weight excluding hydrogens is 252 g/mol. The van der Waals surface area contributed by atoms with Gasteiger partial charge in [-0.05, 0) is 5.57 Å². The molecule has 0 spiro atoms. The van der Waals surface area contributed by atoms with Gasteiger partial charge in [0.2, 0.25) is 15.7 Å². The lowest BCUT2D eigenvalue weighted by Crippen LogP contribution is -2.29. The molecule has 1 saturated heterocycles. The van der Waals surface area contributed by atoms with Gasteiger partial charge < -0.3 is 5.11 Å². The first kappa shape index (κ1) is 12.8. The van der Waals surface area contributed by atoms with Crippen LogP contribution in [0.1, 0.15) is 0 Å². The zero-order valence-corrected chi connectivity index (χ0v) is 10.4. The Balaban J connectivity index is 2.44. The number of sulfonamides is 1. The number of aliphatic hydroxyl groups is 1. The van der Waals surface area contributed by atoms with Gasteiger partial charge in [-0.1, -0.05) is 30.8 Å². The molecule has 6 heteroatoms. The van der Waals surface area contributed by atoms with Crippen LogP contribution < -0.4 is 0 Å². The summed E-state index contributed by atoms with van der Waals surface area (Å²) >= 11 is 0. The Morgan fingerprint density at radius 3 is 2.67 bits per heavy atom. The van der Waals surface area contributed by atoms with E-state index < -0.39 is 16.1 Å². The van der Waals surface area contributed by atoms with Gasteiger partial charge in [0.15, 0.2) is 0 Å². The highest BCUT2D eigenvalue weighted by atomic mass is 32.2. The van der Waals surface area contributed by atoms with Crippen molar-refractivity contribution >= 4 is 15.7 Å². The van der Waals surface area contributed by atoms with Crippen molar-refractivity contribution in [3.63, 3.8) is 0 Å². The summed E-state index contributed by atoms with van der Waals surface area (Å²) in [6, 6.07) is 6.05. The Hall–Kier alpha value is -1.68. The molecule has 94 valence electrons. The highest BCUT2D eigenvalue weighted by Gasteiger charge is 2.34. The Morgan fingerprint density at radius 2 is 2.11 bits per heavy atom. The summed E-state index contributed by atoms with van der Waals surface area (Å²) in [4.78, 5) is 3.18. The highest BCUT2D eigenvalue weighted by molar-refractivity contribution is 7.89. The van der Waals surface area contributed by atoms with E-state index in [9.17, 15) is 13.5 Å². The van der Waals surface area contributed by atoms with Gasteiger partial charge in [-0.3, -0.25) is 0 Å². The van der Waals surface area contributed by atoms with Crippen LogP contribution in [-0.4, -0.2) is 37.0 Å². The maximum Gasteiger partial charge on any atom is 0.233 e. The van der Waals surface area contributed by atoms with Crippen LogP contribution in [-0.2, 0) is 10.0 Å². The molecule has 0 unspecified atom stereocenters. The van der Waals surface area contributed by atoms with E-state index in [0.717, 1.165) is 4.31 Å². The van der Waals surface area contributed by atoms with Crippen molar-refractivity contribution in [1.82, 2.24) is 4.31 Å². The molecule has 0 saturated carbocycles. The van der Waals surface area contributed by atoms with Crippen molar-refractivity contribution in [3.8, 4) is 0 Å². The second kappa shape index (κ2) is 4.53. The van der Waals surface area contributed by atoms with Crippen LogP contribution in [0.15, 0.2) is 41.3 Å². The summed E-state index contributed by atoms with van der Waals surface area (Å²) in [7, 11) is -3.75. The second-order valence-corrected chi connectivity index (χ2v) is 5.96. The molecule has 1 aliphatic heterocycles. The van der Waals surface area contributed by atoms with Gasteiger partial charge in [-0.15, -0.1) is 0 Å². The monoisotopic (exact) mass is 264 g/mol. The third-order valence-corrected chi connectivity index (χ3v) is 4.69. The average Bonchev–Trinajstić information content (AvgIpc) is 2.70. The van der Waals surface area contributed by atoms with Crippen molar-refractivity contribution in [1.29, 1.82) is 0 Å². The molecule has 1 aromatic rings. The molecule has 0 radical (unpaired) electrons. The third-order valence-electron chi connectivity index (χ3n) is 2.83. The number of β-amino-alcohol motifs (C(OH)–C–C–N with tert-alkyl or cyclic N) is 1. The molecule has 2 rings (SSSR count). The molecular formula is C12H12N2O3S. The zero-order valence-electron chi connectivity index (χ0n) is 9.57. The van der Waals surface area contributed by atoms with Gasteiger partial charge in [-0.25, -0.2) is 13.3 Å². The Bertz CT molecular complexity index is 631. The number of para-hydroxylation sites is 1. The van der Waals surface area contributed by atoms with Gasteiger partial charge in [0.05, 0.1) is 17.6 Å². The number of nitrogens with zero attached hydrogens (tertiary/aromatic N) is 2. The van der Waals surface area contributed by atoms with Crippen LogP contribution in [0.4, 0.5) is 5.69 Å². The first-order chi connectivity index (χ1) is 8.46. The summed E-state index contributed by atoms with van der Waals surface area (Å²) in [5, 5.41) is 9.54. The van der Waals surface area contributed by atoms with E-state index in [0.29, 0.717) is 5.57 Å². The molecule has 1 fully saturated rings. The molecule has 0 amide bonds. The fourth-order valence-electron chi connectivity index (χ4n) is 1.81. The van der Waals surface area contributed by atoms with Crippen molar-refractivity contribution in [2.75, 3.05) is 13.1 Å². The van der Waals surface area contributed by atoms with Gasteiger partial charge in [-0.2, -0.15) is 4.31 Å². The minimum atomic E-state index is -3.75. The highest BCUT2D eigenvalue weighted by Crippen LogP contribution is 2.29. The first-order valence-electron chi connectivity index (χ1n) is 5.29. The smallest absolute Gasteiger partial charge is 0.233 e. The average molecular weight is 264 g/mol. The summed E-state index contributed by atoms with van der Waals surface area (Å²) in [6.45, 7) is 10.7. The predicted octanol–water partition coefficient (Wildman–Crippen LogP) is 1.16. The molecule has 5 nitrogen and oxygen atoms in total. The SMILES string of the molecule is [C-]#[N+]c1ccccc1S(=O)(=O)N1CC(=C)[C@H](O)C1. The van der Waals surface area contributed by atoms with Crippen LogP contribution in [0.3, 0.4) is 0 Å². The van der Waals surface area contributed by atoms with E-state index in [-0.39, 0.29) is 23.7 Å². The lowest BCUT2D eigenvalue weighted by molar-refractivity contribution is 0.217. The number of benzene rings is 1. The second-order valence-electron chi connectivity index (χ2n) is 4.05. The summed E-state index contributed by atoms with van der Waals surface area (Å²) in [6.07, 6.45) is -0.833. The van der Waals surface area contributed by atoms with Crippen molar-refractivity contribution < 1.29 is 13.5 Å². The standard InChI is InChI=1S/C12H12N2O3S/c1-9-7-14(8-11(9)15)18(16,17)12-6-4-3-5-10(12)13-2/h3-6,11,15H,1,7-8H2/t11-/m1/s1. The van der Waals surface area contributed by atoms with Crippen molar-refractivity contribution in [2.45, 2.75) is 11.0 Å². The third kappa shape index (κ3) is 2.04. The largest absolute Gasteiger partial charge is 0.387 e. The first-order valence-corrected chi connectivity index (χ1v) is 6.73. The molecule has 0 aliphatic carbocycles. The van der Waals surface area contributed by atoms with E-state index >= 15 is 0 Å². The molecule has 1 atom stereocenters. The molecule has 1 heterocycles. The Labute approximate surface area is 106 Å². The van der Waals surface area contributed by atoms with E-state index in [1.165, 1.54) is 12.1 Å². The van der Waals surface area contributed by atoms with Gasteiger partial charge in [0.25, 0.3) is 0 Å². The van der Waals surface area contributed by atoms with E-state index in [1.807, 2.05) is 0 Å². The lowest BCUT2D eigenvalue weighted by atomic mass is 10.2. The maximum atomic E-state index is 12.3. The van der Waals surface area contributed by atoms with Crippen molar-refractivity contribution in [3.05, 3.63) is 47.8 Å². The molecule has 1 aliphatic rings. The number of aliphatic hydroxyl groups excluding tert-OH is 1. The molecule has 18 heavy (non-hydrogen) atoms. The fourth-order valence-corrected chi connectivity index (χ4v) is 3.39. The number of rotatable bonds is 2. The van der Waals surface area contributed by atoms with E-state index in [2.05, 4.69) is 11.4 Å². The van der Waals surface area contributed by atoms with Crippen LogP contribution >= 0.6 is 0 Å². The fraction of sp³-hybridized carbons (Fsp3) is 0.250. The summed E-state index contributed by atoms with van der Waals surface area (Å²) in [5.41, 5.74) is 0.559. The Morgan fingerprint density at radius 1 is 1.44 bits per heavy atom. The van der Waals surface area contributed by atoms with Gasteiger partial charge in [0, 0.05) is 13.1 Å². The minimum Gasteiger partial charge on any atom is -0.387 e. The van der Waals surface area contributed by atoms with Gasteiger partial charge in [0.1, 0.15) is 0 Å². The minimum absolute atomic E-state index is 0.00645. The summed E-state index contributed by atoms with van der Waals surface area (Å²) < 4.78 is 25.8. The molecule has 1 aromatic carbocycles. The van der Waals surface area contributed by atoms with Gasteiger partial charge >= 0.3 is 0 Å². The van der Waals surface area contributed by atoms with Crippen LogP contribution in [0.25, 0.3) is 4.85 Å². The topological polar surface area (TPSA) is 62.0 Å². The van der Waals surface area contributed by atoms with Crippen molar-refractivity contribution in [2.24, 2.45) is 0 Å². The van der Waals surface area contributed by atoms with Crippen LogP contribution in [0.2, 0.25) is 0 Å².